The third kappa shape index (κ3) is 5.22. The Labute approximate surface area is 147 Å². The molecule has 0 aliphatic carbocycles. The first kappa shape index (κ1) is 17.8. The molecule has 0 radical (unpaired) electrons. The number of halogens is 2. The van der Waals surface area contributed by atoms with Gasteiger partial charge in [-0.05, 0) is 43.7 Å². The fraction of sp³-hybridized carbons (Fsp3) is 0.333. The van der Waals surface area contributed by atoms with Crippen molar-refractivity contribution in [3.63, 3.8) is 0 Å². The zero-order valence-corrected chi connectivity index (χ0v) is 14.8. The zero-order valence-electron chi connectivity index (χ0n) is 13.3. The molecule has 5 heteroatoms. The van der Waals surface area contributed by atoms with E-state index in [4.69, 9.17) is 37.4 Å². The summed E-state index contributed by atoms with van der Waals surface area (Å²) in [5.74, 6) is 2.17. The van der Waals surface area contributed by atoms with Gasteiger partial charge in [0.15, 0.2) is 11.5 Å². The summed E-state index contributed by atoms with van der Waals surface area (Å²) in [6, 6.07) is 11.1. The number of hydrogen-bond acceptors (Lipinski definition) is 3. The quantitative estimate of drug-likeness (QED) is 0.581. The second-order valence-electron chi connectivity index (χ2n) is 4.96. The second-order valence-corrected chi connectivity index (χ2v) is 5.81. The van der Waals surface area contributed by atoms with E-state index in [0.29, 0.717) is 35.6 Å². The predicted octanol–water partition coefficient (Wildman–Crippen LogP) is 5.55. The molecule has 0 bridgehead atoms. The van der Waals surface area contributed by atoms with E-state index >= 15 is 0 Å². The molecule has 2 rings (SSSR count). The first-order valence-corrected chi connectivity index (χ1v) is 8.30. The first-order valence-electron chi connectivity index (χ1n) is 7.55. The summed E-state index contributed by atoms with van der Waals surface area (Å²) in [7, 11) is 0. The van der Waals surface area contributed by atoms with Gasteiger partial charge in [0, 0.05) is 11.4 Å². The minimum absolute atomic E-state index is 0.513. The van der Waals surface area contributed by atoms with E-state index in [9.17, 15) is 0 Å². The molecule has 23 heavy (non-hydrogen) atoms. The molecule has 0 saturated carbocycles. The Bertz CT molecular complexity index is 621. The summed E-state index contributed by atoms with van der Waals surface area (Å²) in [4.78, 5) is 0. The van der Waals surface area contributed by atoms with E-state index in [-0.39, 0.29) is 0 Å². The van der Waals surface area contributed by atoms with Crippen LogP contribution in [0.25, 0.3) is 0 Å². The van der Waals surface area contributed by atoms with Crippen LogP contribution in [0, 0.1) is 6.92 Å². The molecule has 0 spiro atoms. The molecule has 0 N–H and O–H groups in total. The number of rotatable bonds is 8. The highest BCUT2D eigenvalue weighted by Crippen LogP contribution is 2.32. The Kier molecular flexibility index (Phi) is 6.87. The first-order chi connectivity index (χ1) is 11.1. The number of hydrogen-bond donors (Lipinski definition) is 0. The lowest BCUT2D eigenvalue weighted by atomic mass is 10.2. The van der Waals surface area contributed by atoms with E-state index in [1.54, 1.807) is 6.07 Å². The standard InChI is InChI=1S/C18H20Cl2O3/c1-3-21-16-7-4-5-8-17(16)22-9-6-10-23-18-13(2)11-14(19)12-15(18)20/h4-5,7-8,11-12H,3,6,9-10H2,1-2H3. The smallest absolute Gasteiger partial charge is 0.161 e. The molecular formula is C18H20Cl2O3. The number of para-hydroxylation sites is 2. The van der Waals surface area contributed by atoms with Crippen molar-refractivity contribution in [3.8, 4) is 17.2 Å². The van der Waals surface area contributed by atoms with Crippen LogP contribution < -0.4 is 14.2 Å². The summed E-state index contributed by atoms with van der Waals surface area (Å²) >= 11 is 12.1. The van der Waals surface area contributed by atoms with E-state index in [1.807, 2.05) is 44.2 Å². The van der Waals surface area contributed by atoms with Gasteiger partial charge < -0.3 is 14.2 Å². The molecule has 0 aliphatic rings. The third-order valence-corrected chi connectivity index (χ3v) is 3.63. The molecule has 2 aromatic rings. The molecule has 0 aromatic heterocycles. The summed E-state index contributed by atoms with van der Waals surface area (Å²) in [6.07, 6.45) is 0.735. The maximum Gasteiger partial charge on any atom is 0.161 e. The Morgan fingerprint density at radius 2 is 1.57 bits per heavy atom. The van der Waals surface area contributed by atoms with Crippen molar-refractivity contribution in [1.82, 2.24) is 0 Å². The molecule has 2 aromatic carbocycles. The molecule has 0 saturated heterocycles. The normalized spacial score (nSPS) is 10.4. The van der Waals surface area contributed by atoms with E-state index in [2.05, 4.69) is 0 Å². The number of ether oxygens (including phenoxy) is 3. The summed E-state index contributed by atoms with van der Waals surface area (Å²) in [5.41, 5.74) is 0.921. The Balaban J connectivity index is 1.81. The molecule has 0 fully saturated rings. The van der Waals surface area contributed by atoms with Crippen LogP contribution in [0.2, 0.25) is 10.0 Å². The number of benzene rings is 2. The summed E-state index contributed by atoms with van der Waals surface area (Å²) in [6.45, 7) is 5.52. The van der Waals surface area contributed by atoms with Crippen molar-refractivity contribution in [2.24, 2.45) is 0 Å². The maximum atomic E-state index is 6.14. The highest BCUT2D eigenvalue weighted by atomic mass is 35.5. The van der Waals surface area contributed by atoms with E-state index in [1.165, 1.54) is 0 Å². The van der Waals surface area contributed by atoms with Crippen LogP contribution in [0.3, 0.4) is 0 Å². The van der Waals surface area contributed by atoms with Crippen LogP contribution in [0.15, 0.2) is 36.4 Å². The molecule has 0 aliphatic heterocycles. The van der Waals surface area contributed by atoms with Crippen LogP contribution in [0.4, 0.5) is 0 Å². The van der Waals surface area contributed by atoms with Gasteiger partial charge in [0.25, 0.3) is 0 Å². The van der Waals surface area contributed by atoms with Crippen molar-refractivity contribution < 1.29 is 14.2 Å². The van der Waals surface area contributed by atoms with Crippen LogP contribution in [-0.2, 0) is 0 Å². The van der Waals surface area contributed by atoms with Crippen LogP contribution in [0.1, 0.15) is 18.9 Å². The van der Waals surface area contributed by atoms with Crippen molar-refractivity contribution in [2.45, 2.75) is 20.3 Å². The molecule has 3 nitrogen and oxygen atoms in total. The third-order valence-electron chi connectivity index (χ3n) is 3.14. The van der Waals surface area contributed by atoms with Crippen molar-refractivity contribution in [2.75, 3.05) is 19.8 Å². The SMILES string of the molecule is CCOc1ccccc1OCCCOc1c(C)cc(Cl)cc1Cl. The molecule has 0 heterocycles. The van der Waals surface area contributed by atoms with Crippen LogP contribution in [-0.4, -0.2) is 19.8 Å². The predicted molar refractivity (Wildman–Crippen MR) is 94.4 cm³/mol. The molecule has 0 unspecified atom stereocenters. The fourth-order valence-electron chi connectivity index (χ4n) is 2.13. The lowest BCUT2D eigenvalue weighted by Crippen LogP contribution is -2.07. The summed E-state index contributed by atoms with van der Waals surface area (Å²) in [5, 5.41) is 1.13. The Morgan fingerprint density at radius 3 is 2.22 bits per heavy atom. The van der Waals surface area contributed by atoms with Gasteiger partial charge in [-0.3, -0.25) is 0 Å². The van der Waals surface area contributed by atoms with Gasteiger partial charge in [0.05, 0.1) is 24.8 Å². The largest absolute Gasteiger partial charge is 0.492 e. The van der Waals surface area contributed by atoms with Gasteiger partial charge in [-0.2, -0.15) is 0 Å². The molecule has 0 amide bonds. The van der Waals surface area contributed by atoms with E-state index in [0.717, 1.165) is 23.5 Å². The Morgan fingerprint density at radius 1 is 0.913 bits per heavy atom. The lowest BCUT2D eigenvalue weighted by molar-refractivity contribution is 0.235. The summed E-state index contributed by atoms with van der Waals surface area (Å²) < 4.78 is 17.0. The minimum Gasteiger partial charge on any atom is -0.492 e. The number of aryl methyl sites for hydroxylation is 1. The average molecular weight is 355 g/mol. The van der Waals surface area contributed by atoms with Gasteiger partial charge in [0.1, 0.15) is 5.75 Å². The van der Waals surface area contributed by atoms with Gasteiger partial charge >= 0.3 is 0 Å². The monoisotopic (exact) mass is 354 g/mol. The van der Waals surface area contributed by atoms with Crippen molar-refractivity contribution >= 4 is 23.2 Å². The van der Waals surface area contributed by atoms with E-state index < -0.39 is 0 Å². The van der Waals surface area contributed by atoms with Gasteiger partial charge in [-0.15, -0.1) is 0 Å². The minimum atomic E-state index is 0.513. The zero-order chi connectivity index (χ0) is 16.7. The molecule has 124 valence electrons. The topological polar surface area (TPSA) is 27.7 Å². The van der Waals surface area contributed by atoms with Crippen molar-refractivity contribution in [1.29, 1.82) is 0 Å². The van der Waals surface area contributed by atoms with Gasteiger partial charge in [-0.25, -0.2) is 0 Å². The highest BCUT2D eigenvalue weighted by molar-refractivity contribution is 6.35. The van der Waals surface area contributed by atoms with Crippen LogP contribution >= 0.6 is 23.2 Å². The lowest BCUT2D eigenvalue weighted by Gasteiger charge is -2.13. The highest BCUT2D eigenvalue weighted by Gasteiger charge is 2.08. The van der Waals surface area contributed by atoms with Gasteiger partial charge in [-0.1, -0.05) is 35.3 Å². The Hall–Kier alpha value is -1.58. The molecule has 0 atom stereocenters. The van der Waals surface area contributed by atoms with Crippen molar-refractivity contribution in [3.05, 3.63) is 52.0 Å². The fourth-order valence-corrected chi connectivity index (χ4v) is 2.78. The average Bonchev–Trinajstić information content (AvgIpc) is 2.51. The molecular weight excluding hydrogens is 335 g/mol. The van der Waals surface area contributed by atoms with Crippen LogP contribution in [0.5, 0.6) is 17.2 Å². The van der Waals surface area contributed by atoms with Gasteiger partial charge in [0.2, 0.25) is 0 Å². The second kappa shape index (κ2) is 8.90. The maximum absolute atomic E-state index is 6.14.